The number of hydrogen-bond acceptors (Lipinski definition) is 3. The fourth-order valence-corrected chi connectivity index (χ4v) is 2.90. The second-order valence-electron chi connectivity index (χ2n) is 6.69. The van der Waals surface area contributed by atoms with Crippen molar-refractivity contribution in [1.29, 1.82) is 0 Å². The standard InChI is InChI=1S/C15H28N2O2/c1-4-7-16-13-11-19-10-12(13)14(18)17-8-5-15(2,3)6-9-17/h12-13,16H,4-11H2,1-3H3. The lowest BCUT2D eigenvalue weighted by molar-refractivity contribution is -0.138. The molecule has 0 spiro atoms. The fraction of sp³-hybridized carbons (Fsp3) is 0.933. The molecule has 2 fully saturated rings. The summed E-state index contributed by atoms with van der Waals surface area (Å²) < 4.78 is 5.51. The van der Waals surface area contributed by atoms with E-state index in [0.29, 0.717) is 24.5 Å². The molecule has 110 valence electrons. The number of ether oxygens (including phenoxy) is 1. The SMILES string of the molecule is CCCNC1COCC1C(=O)N1CCC(C)(C)CC1. The predicted molar refractivity (Wildman–Crippen MR) is 76.0 cm³/mol. The van der Waals surface area contributed by atoms with Crippen molar-refractivity contribution in [1.82, 2.24) is 10.2 Å². The number of nitrogens with one attached hydrogen (secondary N) is 1. The van der Waals surface area contributed by atoms with Gasteiger partial charge in [-0.15, -0.1) is 0 Å². The first-order valence-corrected chi connectivity index (χ1v) is 7.63. The van der Waals surface area contributed by atoms with Crippen LogP contribution in [0.15, 0.2) is 0 Å². The quantitative estimate of drug-likeness (QED) is 0.843. The van der Waals surface area contributed by atoms with Gasteiger partial charge >= 0.3 is 0 Å². The van der Waals surface area contributed by atoms with Crippen molar-refractivity contribution in [3.05, 3.63) is 0 Å². The summed E-state index contributed by atoms with van der Waals surface area (Å²) in [4.78, 5) is 14.6. The lowest BCUT2D eigenvalue weighted by Gasteiger charge is -2.38. The van der Waals surface area contributed by atoms with Crippen LogP contribution in [0.3, 0.4) is 0 Å². The molecule has 0 radical (unpaired) electrons. The molecule has 0 aromatic heterocycles. The molecular weight excluding hydrogens is 240 g/mol. The molecule has 2 saturated heterocycles. The molecule has 0 aromatic rings. The summed E-state index contributed by atoms with van der Waals surface area (Å²) >= 11 is 0. The van der Waals surface area contributed by atoms with Gasteiger partial charge in [0.1, 0.15) is 0 Å². The second kappa shape index (κ2) is 6.23. The average molecular weight is 268 g/mol. The molecule has 4 heteroatoms. The summed E-state index contributed by atoms with van der Waals surface area (Å²) in [7, 11) is 0. The minimum Gasteiger partial charge on any atom is -0.379 e. The Labute approximate surface area is 116 Å². The van der Waals surface area contributed by atoms with Gasteiger partial charge in [-0.3, -0.25) is 4.79 Å². The van der Waals surface area contributed by atoms with E-state index in [4.69, 9.17) is 4.74 Å². The molecule has 2 heterocycles. The van der Waals surface area contributed by atoms with Crippen LogP contribution < -0.4 is 5.32 Å². The maximum atomic E-state index is 12.6. The third kappa shape index (κ3) is 3.69. The van der Waals surface area contributed by atoms with Crippen molar-refractivity contribution in [2.24, 2.45) is 11.3 Å². The number of rotatable bonds is 4. The predicted octanol–water partition coefficient (Wildman–Crippen LogP) is 1.65. The summed E-state index contributed by atoms with van der Waals surface area (Å²) in [5.74, 6) is 0.314. The molecule has 2 atom stereocenters. The highest BCUT2D eigenvalue weighted by Gasteiger charge is 2.38. The van der Waals surface area contributed by atoms with Crippen molar-refractivity contribution >= 4 is 5.91 Å². The molecule has 0 aromatic carbocycles. The highest BCUT2D eigenvalue weighted by atomic mass is 16.5. The van der Waals surface area contributed by atoms with Crippen molar-refractivity contribution in [3.63, 3.8) is 0 Å². The lowest BCUT2D eigenvalue weighted by atomic mass is 9.82. The zero-order chi connectivity index (χ0) is 13.9. The summed E-state index contributed by atoms with van der Waals surface area (Å²) in [6.07, 6.45) is 3.31. The number of nitrogens with zero attached hydrogens (tertiary/aromatic N) is 1. The molecule has 2 rings (SSSR count). The Morgan fingerprint density at radius 3 is 2.63 bits per heavy atom. The number of hydrogen-bond donors (Lipinski definition) is 1. The number of carbonyl (C=O) groups is 1. The zero-order valence-corrected chi connectivity index (χ0v) is 12.6. The van der Waals surface area contributed by atoms with E-state index in [-0.39, 0.29) is 12.0 Å². The second-order valence-corrected chi connectivity index (χ2v) is 6.69. The number of piperidine rings is 1. The van der Waals surface area contributed by atoms with E-state index in [9.17, 15) is 4.79 Å². The van der Waals surface area contributed by atoms with Crippen LogP contribution in [0, 0.1) is 11.3 Å². The third-order valence-electron chi connectivity index (χ3n) is 4.48. The molecule has 2 aliphatic heterocycles. The van der Waals surface area contributed by atoms with Gasteiger partial charge in [0.2, 0.25) is 5.91 Å². The van der Waals surface area contributed by atoms with Crippen molar-refractivity contribution in [2.45, 2.75) is 46.1 Å². The molecule has 2 aliphatic rings. The lowest BCUT2D eigenvalue weighted by Crippen LogP contribution is -2.49. The molecule has 4 nitrogen and oxygen atoms in total. The first-order valence-electron chi connectivity index (χ1n) is 7.63. The molecule has 0 bridgehead atoms. The Hall–Kier alpha value is -0.610. The molecule has 19 heavy (non-hydrogen) atoms. The monoisotopic (exact) mass is 268 g/mol. The Morgan fingerprint density at radius 2 is 2.00 bits per heavy atom. The van der Waals surface area contributed by atoms with E-state index in [1.54, 1.807) is 0 Å². The van der Waals surface area contributed by atoms with Gasteiger partial charge in [-0.05, 0) is 31.2 Å². The van der Waals surface area contributed by atoms with Gasteiger partial charge in [0, 0.05) is 19.1 Å². The van der Waals surface area contributed by atoms with E-state index in [1.807, 2.05) is 4.90 Å². The van der Waals surface area contributed by atoms with Gasteiger partial charge in [-0.25, -0.2) is 0 Å². The van der Waals surface area contributed by atoms with Crippen molar-refractivity contribution in [3.8, 4) is 0 Å². The molecule has 0 aliphatic carbocycles. The maximum Gasteiger partial charge on any atom is 0.229 e. The van der Waals surface area contributed by atoms with E-state index >= 15 is 0 Å². The minimum atomic E-state index is 0.0211. The van der Waals surface area contributed by atoms with Gasteiger partial charge in [-0.1, -0.05) is 20.8 Å². The maximum absolute atomic E-state index is 12.6. The van der Waals surface area contributed by atoms with Crippen LogP contribution in [0.1, 0.15) is 40.0 Å². The van der Waals surface area contributed by atoms with Crippen LogP contribution in [-0.2, 0) is 9.53 Å². The van der Waals surface area contributed by atoms with Crippen LogP contribution in [0.25, 0.3) is 0 Å². The average Bonchev–Trinajstić information content (AvgIpc) is 2.83. The normalized spacial score (nSPS) is 30.6. The first kappa shape index (κ1) is 14.8. The van der Waals surface area contributed by atoms with Crippen LogP contribution in [0.5, 0.6) is 0 Å². The highest BCUT2D eigenvalue weighted by molar-refractivity contribution is 5.80. The van der Waals surface area contributed by atoms with Crippen molar-refractivity contribution < 1.29 is 9.53 Å². The highest BCUT2D eigenvalue weighted by Crippen LogP contribution is 2.31. The molecular formula is C15H28N2O2. The van der Waals surface area contributed by atoms with Crippen LogP contribution in [-0.4, -0.2) is 49.7 Å². The largest absolute Gasteiger partial charge is 0.379 e. The molecule has 1 amide bonds. The van der Waals surface area contributed by atoms with E-state index in [2.05, 4.69) is 26.1 Å². The van der Waals surface area contributed by atoms with Gasteiger partial charge < -0.3 is 15.0 Å². The first-order chi connectivity index (χ1) is 9.03. The molecule has 1 N–H and O–H groups in total. The fourth-order valence-electron chi connectivity index (χ4n) is 2.90. The van der Waals surface area contributed by atoms with E-state index < -0.39 is 0 Å². The molecule has 2 unspecified atom stereocenters. The van der Waals surface area contributed by atoms with Gasteiger partial charge in [-0.2, -0.15) is 0 Å². The van der Waals surface area contributed by atoms with E-state index in [1.165, 1.54) is 0 Å². The van der Waals surface area contributed by atoms with Crippen LogP contribution >= 0.6 is 0 Å². The summed E-state index contributed by atoms with van der Waals surface area (Å²) in [5.41, 5.74) is 0.392. The van der Waals surface area contributed by atoms with Crippen LogP contribution in [0.2, 0.25) is 0 Å². The molecule has 0 saturated carbocycles. The smallest absolute Gasteiger partial charge is 0.229 e. The summed E-state index contributed by atoms with van der Waals surface area (Å²) in [5, 5.41) is 3.45. The van der Waals surface area contributed by atoms with Gasteiger partial charge in [0.25, 0.3) is 0 Å². The number of likely N-dealkylation sites (tertiary alicyclic amines) is 1. The summed E-state index contributed by atoms with van der Waals surface area (Å²) in [6, 6.07) is 0.211. The Balaban J connectivity index is 1.88. The summed E-state index contributed by atoms with van der Waals surface area (Å²) in [6.45, 7) is 10.8. The van der Waals surface area contributed by atoms with Gasteiger partial charge in [0.15, 0.2) is 0 Å². The number of amides is 1. The van der Waals surface area contributed by atoms with Gasteiger partial charge in [0.05, 0.1) is 19.1 Å². The van der Waals surface area contributed by atoms with E-state index in [0.717, 1.165) is 38.9 Å². The van der Waals surface area contributed by atoms with Crippen LogP contribution in [0.4, 0.5) is 0 Å². The number of carbonyl (C=O) groups excluding carboxylic acids is 1. The Bertz CT molecular complexity index is 307. The van der Waals surface area contributed by atoms with Crippen molar-refractivity contribution in [2.75, 3.05) is 32.8 Å². The zero-order valence-electron chi connectivity index (χ0n) is 12.6. The topological polar surface area (TPSA) is 41.6 Å². The third-order valence-corrected chi connectivity index (χ3v) is 4.48. The Kier molecular flexibility index (Phi) is 4.85. The minimum absolute atomic E-state index is 0.0211. The Morgan fingerprint density at radius 1 is 1.32 bits per heavy atom.